The third kappa shape index (κ3) is 5.07. The number of rotatable bonds is 6. The van der Waals surface area contributed by atoms with Crippen LogP contribution in [-0.4, -0.2) is 20.5 Å². The lowest BCUT2D eigenvalue weighted by atomic mass is 9.89. The average Bonchev–Trinajstić information content (AvgIpc) is 2.76. The van der Waals surface area contributed by atoms with Gasteiger partial charge in [-0.2, -0.15) is 0 Å². The molecular formula is C24H26Cl2N2O2S. The molecule has 1 aliphatic carbocycles. The van der Waals surface area contributed by atoms with Crippen molar-refractivity contribution in [3.8, 4) is 0 Å². The molecule has 0 radical (unpaired) electrons. The summed E-state index contributed by atoms with van der Waals surface area (Å²) < 4.78 is 28.9. The van der Waals surface area contributed by atoms with Crippen LogP contribution in [0.3, 0.4) is 0 Å². The van der Waals surface area contributed by atoms with Gasteiger partial charge in [0, 0.05) is 18.1 Å². The Labute approximate surface area is 194 Å². The molecule has 3 aromatic rings. The molecule has 3 aromatic carbocycles. The minimum atomic E-state index is -3.70. The summed E-state index contributed by atoms with van der Waals surface area (Å²) in [6, 6.07) is 19.0. The van der Waals surface area contributed by atoms with Crippen molar-refractivity contribution in [3.63, 3.8) is 0 Å². The van der Waals surface area contributed by atoms with Gasteiger partial charge in [0.2, 0.25) is 10.0 Å². The number of benzene rings is 3. The number of halogens is 2. The van der Waals surface area contributed by atoms with Gasteiger partial charge in [-0.25, -0.2) is 13.1 Å². The molecule has 7 heteroatoms. The van der Waals surface area contributed by atoms with Crippen LogP contribution in [0.5, 0.6) is 0 Å². The number of fused-ring (bicyclic) bond motifs is 1. The van der Waals surface area contributed by atoms with Gasteiger partial charge in [0.05, 0.1) is 14.9 Å². The van der Waals surface area contributed by atoms with E-state index < -0.39 is 10.0 Å². The lowest BCUT2D eigenvalue weighted by Crippen LogP contribution is -2.52. The normalized spacial score (nSPS) is 20.6. The molecule has 3 atom stereocenters. The zero-order chi connectivity index (χ0) is 22.0. The number of hydrogen-bond acceptors (Lipinski definition) is 3. The van der Waals surface area contributed by atoms with Crippen LogP contribution in [0.15, 0.2) is 65.6 Å². The van der Waals surface area contributed by atoms with Gasteiger partial charge in [0.25, 0.3) is 0 Å². The molecule has 0 bridgehead atoms. The van der Waals surface area contributed by atoms with Gasteiger partial charge in [0.1, 0.15) is 0 Å². The van der Waals surface area contributed by atoms with Crippen molar-refractivity contribution in [1.29, 1.82) is 0 Å². The summed E-state index contributed by atoms with van der Waals surface area (Å²) in [7, 11) is -3.70. The smallest absolute Gasteiger partial charge is 0.240 e. The van der Waals surface area contributed by atoms with Gasteiger partial charge in [0.15, 0.2) is 0 Å². The Morgan fingerprint density at radius 2 is 1.61 bits per heavy atom. The van der Waals surface area contributed by atoms with Crippen LogP contribution in [0.25, 0.3) is 10.8 Å². The highest BCUT2D eigenvalue weighted by Crippen LogP contribution is 2.29. The maximum absolute atomic E-state index is 13.0. The summed E-state index contributed by atoms with van der Waals surface area (Å²) in [6.07, 6.45) is 3.78. The van der Waals surface area contributed by atoms with Crippen LogP contribution < -0.4 is 10.0 Å². The highest BCUT2D eigenvalue weighted by molar-refractivity contribution is 7.89. The zero-order valence-electron chi connectivity index (χ0n) is 17.3. The van der Waals surface area contributed by atoms with Crippen LogP contribution >= 0.6 is 23.2 Å². The zero-order valence-corrected chi connectivity index (χ0v) is 19.6. The summed E-state index contributed by atoms with van der Waals surface area (Å²) in [6.45, 7) is 2.14. The quantitative estimate of drug-likeness (QED) is 0.452. The van der Waals surface area contributed by atoms with E-state index >= 15 is 0 Å². The van der Waals surface area contributed by atoms with Crippen molar-refractivity contribution in [2.45, 2.75) is 55.6 Å². The second-order valence-corrected chi connectivity index (χ2v) is 10.7. The molecule has 0 spiro atoms. The molecule has 4 rings (SSSR count). The fourth-order valence-electron chi connectivity index (χ4n) is 4.42. The van der Waals surface area contributed by atoms with Crippen molar-refractivity contribution in [1.82, 2.24) is 10.0 Å². The van der Waals surface area contributed by atoms with Crippen molar-refractivity contribution in [3.05, 3.63) is 76.3 Å². The Kier molecular flexibility index (Phi) is 6.89. The Morgan fingerprint density at radius 3 is 2.39 bits per heavy atom. The van der Waals surface area contributed by atoms with Crippen molar-refractivity contribution < 1.29 is 8.42 Å². The maximum Gasteiger partial charge on any atom is 0.240 e. The summed E-state index contributed by atoms with van der Waals surface area (Å²) in [4.78, 5) is 0.133. The van der Waals surface area contributed by atoms with Gasteiger partial charge in [-0.1, -0.05) is 78.5 Å². The largest absolute Gasteiger partial charge is 0.306 e. The van der Waals surface area contributed by atoms with Crippen molar-refractivity contribution >= 4 is 44.0 Å². The highest BCUT2D eigenvalue weighted by atomic mass is 35.5. The monoisotopic (exact) mass is 476 g/mol. The number of hydrogen-bond donors (Lipinski definition) is 2. The molecule has 0 heterocycles. The van der Waals surface area contributed by atoms with Crippen LogP contribution in [-0.2, 0) is 10.0 Å². The maximum atomic E-state index is 13.0. The average molecular weight is 477 g/mol. The second kappa shape index (κ2) is 9.47. The minimum Gasteiger partial charge on any atom is -0.306 e. The van der Waals surface area contributed by atoms with Crippen molar-refractivity contribution in [2.24, 2.45) is 0 Å². The minimum absolute atomic E-state index is 0.0419. The Balaban J connectivity index is 1.54. The molecule has 0 aliphatic heterocycles. The van der Waals surface area contributed by atoms with Gasteiger partial charge < -0.3 is 5.32 Å². The van der Waals surface area contributed by atoms with E-state index in [9.17, 15) is 8.42 Å². The predicted octanol–water partition coefficient (Wildman–Crippen LogP) is 6.09. The fourth-order valence-corrected chi connectivity index (χ4v) is 6.12. The van der Waals surface area contributed by atoms with Crippen LogP contribution in [0.2, 0.25) is 10.0 Å². The second-order valence-electron chi connectivity index (χ2n) is 8.15. The van der Waals surface area contributed by atoms with E-state index in [0.717, 1.165) is 25.7 Å². The number of nitrogens with one attached hydrogen (secondary N) is 2. The van der Waals surface area contributed by atoms with Crippen LogP contribution in [0.1, 0.15) is 44.2 Å². The van der Waals surface area contributed by atoms with Crippen molar-refractivity contribution in [2.75, 3.05) is 0 Å². The number of sulfonamides is 1. The summed E-state index contributed by atoms with van der Waals surface area (Å²) in [5.41, 5.74) is 1.22. The van der Waals surface area contributed by atoms with E-state index in [-0.39, 0.29) is 28.0 Å². The first-order valence-electron chi connectivity index (χ1n) is 10.6. The molecule has 1 fully saturated rings. The fraction of sp³-hybridized carbons (Fsp3) is 0.333. The molecule has 0 amide bonds. The first-order chi connectivity index (χ1) is 14.8. The molecule has 1 aliphatic rings. The molecule has 31 heavy (non-hydrogen) atoms. The summed E-state index contributed by atoms with van der Waals surface area (Å²) >= 11 is 12.0. The van der Waals surface area contributed by atoms with Crippen LogP contribution in [0.4, 0.5) is 0 Å². The van der Waals surface area contributed by atoms with Gasteiger partial charge in [-0.05, 0) is 54.3 Å². The first-order valence-corrected chi connectivity index (χ1v) is 12.8. The van der Waals surface area contributed by atoms with Crippen LogP contribution in [0, 0.1) is 0 Å². The molecule has 164 valence electrons. The topological polar surface area (TPSA) is 58.2 Å². The van der Waals surface area contributed by atoms with E-state index in [2.05, 4.69) is 47.3 Å². The lowest BCUT2D eigenvalue weighted by molar-refractivity contribution is 0.291. The Morgan fingerprint density at radius 1 is 0.903 bits per heavy atom. The molecule has 0 saturated heterocycles. The molecule has 2 N–H and O–H groups in total. The lowest BCUT2D eigenvalue weighted by Gasteiger charge is -2.35. The third-order valence-corrected chi connectivity index (χ3v) is 8.25. The SMILES string of the molecule is CC(N[C@@H]1CCCC[C@H]1NS(=O)(=O)c1ccc(Cl)c(Cl)c1)c1cccc2ccccc12. The van der Waals surface area contributed by atoms with E-state index in [4.69, 9.17) is 23.2 Å². The van der Waals surface area contributed by atoms with Gasteiger partial charge in [-0.15, -0.1) is 0 Å². The molecule has 0 aromatic heterocycles. The molecule has 4 nitrogen and oxygen atoms in total. The molecular weight excluding hydrogens is 451 g/mol. The molecule has 1 unspecified atom stereocenters. The third-order valence-electron chi connectivity index (χ3n) is 6.03. The van der Waals surface area contributed by atoms with E-state index in [0.29, 0.717) is 5.02 Å². The van der Waals surface area contributed by atoms with E-state index in [1.165, 1.54) is 34.5 Å². The predicted molar refractivity (Wildman–Crippen MR) is 128 cm³/mol. The Bertz CT molecular complexity index is 1180. The summed E-state index contributed by atoms with van der Waals surface area (Å²) in [5, 5.41) is 6.68. The van der Waals surface area contributed by atoms with Gasteiger partial charge in [-0.3, -0.25) is 0 Å². The first kappa shape index (κ1) is 22.6. The van der Waals surface area contributed by atoms with E-state index in [1.54, 1.807) is 0 Å². The standard InChI is InChI=1S/C24H26Cl2N2O2S/c1-16(19-10-6-8-17-7-2-3-9-20(17)19)27-23-11-4-5-12-24(23)28-31(29,30)18-13-14-21(25)22(26)15-18/h2-3,6-10,13-16,23-24,27-28H,4-5,11-12H2,1H3/t16?,23-,24-/m1/s1. The Hall–Kier alpha value is -1.63. The molecule has 1 saturated carbocycles. The highest BCUT2D eigenvalue weighted by Gasteiger charge is 2.31. The summed E-state index contributed by atoms with van der Waals surface area (Å²) in [5.74, 6) is 0. The van der Waals surface area contributed by atoms with Gasteiger partial charge >= 0.3 is 0 Å². The van der Waals surface area contributed by atoms with E-state index in [1.807, 2.05) is 12.1 Å².